The topological polar surface area (TPSA) is 63.6 Å². The number of nitrogens with one attached hydrogen (secondary N) is 1. The molecule has 0 spiro atoms. The van der Waals surface area contributed by atoms with E-state index in [2.05, 4.69) is 45.5 Å². The summed E-state index contributed by atoms with van der Waals surface area (Å²) in [6.45, 7) is 3.90. The number of hydrogen-bond acceptors (Lipinski definition) is 4. The molecule has 2 heterocycles. The number of aryl methyl sites for hydroxylation is 1. The summed E-state index contributed by atoms with van der Waals surface area (Å²) < 4.78 is 1.92. The molecule has 0 aliphatic rings. The zero-order valence-electron chi connectivity index (χ0n) is 14.6. The number of aromatic amines is 1. The van der Waals surface area contributed by atoms with E-state index in [1.807, 2.05) is 36.6 Å². The van der Waals surface area contributed by atoms with Crippen LogP contribution in [0.2, 0.25) is 0 Å². The van der Waals surface area contributed by atoms with Crippen molar-refractivity contribution in [1.82, 2.24) is 19.7 Å². The summed E-state index contributed by atoms with van der Waals surface area (Å²) in [5, 5.41) is 9.13. The SMILES string of the molecule is Cc1cc(C(=O)CSc2ccc3ccccc3c2)c(C)n1-c1ncn[nH]1. The van der Waals surface area contributed by atoms with Gasteiger partial charge in [0.1, 0.15) is 6.33 Å². The third-order valence-electron chi connectivity index (χ3n) is 4.44. The molecular formula is C20H18N4OS. The number of Topliss-reactive ketones (excluding diaryl/α,β-unsaturated/α-hetero) is 1. The lowest BCUT2D eigenvalue weighted by molar-refractivity contribution is 0.102. The molecule has 4 aromatic rings. The summed E-state index contributed by atoms with van der Waals surface area (Å²) in [6, 6.07) is 16.4. The third-order valence-corrected chi connectivity index (χ3v) is 5.43. The van der Waals surface area contributed by atoms with E-state index >= 15 is 0 Å². The summed E-state index contributed by atoms with van der Waals surface area (Å²) in [4.78, 5) is 18.0. The van der Waals surface area contributed by atoms with Gasteiger partial charge in [-0.3, -0.25) is 9.36 Å². The number of thioether (sulfide) groups is 1. The molecule has 5 nitrogen and oxygen atoms in total. The normalized spacial score (nSPS) is 11.2. The predicted octanol–water partition coefficient (Wildman–Crippen LogP) is 4.34. The van der Waals surface area contributed by atoms with Gasteiger partial charge in [0, 0.05) is 21.8 Å². The molecule has 2 aromatic heterocycles. The molecule has 0 radical (unpaired) electrons. The number of hydrogen-bond donors (Lipinski definition) is 1. The Hall–Kier alpha value is -2.86. The van der Waals surface area contributed by atoms with Crippen LogP contribution in [0.25, 0.3) is 16.7 Å². The van der Waals surface area contributed by atoms with E-state index < -0.39 is 0 Å². The molecule has 0 fully saturated rings. The number of carbonyl (C=O) groups is 1. The average molecular weight is 362 g/mol. The lowest BCUT2D eigenvalue weighted by Gasteiger charge is -2.06. The highest BCUT2D eigenvalue weighted by Gasteiger charge is 2.18. The van der Waals surface area contributed by atoms with Crippen molar-refractivity contribution in [3.63, 3.8) is 0 Å². The molecule has 130 valence electrons. The van der Waals surface area contributed by atoms with E-state index in [9.17, 15) is 4.79 Å². The molecule has 0 unspecified atom stereocenters. The molecule has 26 heavy (non-hydrogen) atoms. The highest BCUT2D eigenvalue weighted by atomic mass is 32.2. The minimum absolute atomic E-state index is 0.113. The van der Waals surface area contributed by atoms with Crippen LogP contribution in [0.4, 0.5) is 0 Å². The molecule has 0 saturated heterocycles. The average Bonchev–Trinajstić information content (AvgIpc) is 3.27. The van der Waals surface area contributed by atoms with Gasteiger partial charge in [-0.2, -0.15) is 10.1 Å². The van der Waals surface area contributed by atoms with Crippen LogP contribution in [0.3, 0.4) is 0 Å². The van der Waals surface area contributed by atoms with Crippen LogP contribution in [0, 0.1) is 13.8 Å². The minimum Gasteiger partial charge on any atom is -0.293 e. The van der Waals surface area contributed by atoms with E-state index in [4.69, 9.17) is 0 Å². The predicted molar refractivity (Wildman–Crippen MR) is 104 cm³/mol. The number of H-pyrrole nitrogens is 1. The fraction of sp³-hybridized carbons (Fsp3) is 0.150. The van der Waals surface area contributed by atoms with Crippen LogP contribution in [-0.4, -0.2) is 31.3 Å². The van der Waals surface area contributed by atoms with Gasteiger partial charge in [0.2, 0.25) is 5.95 Å². The van der Waals surface area contributed by atoms with E-state index in [-0.39, 0.29) is 5.78 Å². The van der Waals surface area contributed by atoms with Gasteiger partial charge in [-0.15, -0.1) is 11.8 Å². The van der Waals surface area contributed by atoms with Crippen LogP contribution in [0.15, 0.2) is 59.8 Å². The molecule has 2 aromatic carbocycles. The standard InChI is InChI=1S/C20H18N4OS/c1-13-9-18(14(2)24(13)20-21-12-22-23-20)19(25)11-26-17-8-7-15-5-3-4-6-16(15)10-17/h3-10,12H,11H2,1-2H3,(H,21,22,23). The molecule has 4 rings (SSSR count). The first-order valence-corrected chi connectivity index (χ1v) is 9.31. The Morgan fingerprint density at radius 1 is 1.12 bits per heavy atom. The highest BCUT2D eigenvalue weighted by molar-refractivity contribution is 8.00. The Balaban J connectivity index is 1.54. The summed E-state index contributed by atoms with van der Waals surface area (Å²) in [6.07, 6.45) is 1.46. The van der Waals surface area contributed by atoms with E-state index in [0.29, 0.717) is 11.7 Å². The summed E-state index contributed by atoms with van der Waals surface area (Å²) in [5.74, 6) is 1.14. The largest absolute Gasteiger partial charge is 0.293 e. The first kappa shape index (κ1) is 16.6. The van der Waals surface area contributed by atoms with E-state index in [1.54, 1.807) is 11.8 Å². The number of fused-ring (bicyclic) bond motifs is 1. The second kappa shape index (κ2) is 6.80. The van der Waals surface area contributed by atoms with Crippen LogP contribution in [-0.2, 0) is 0 Å². The Morgan fingerprint density at radius 2 is 1.92 bits per heavy atom. The lowest BCUT2D eigenvalue weighted by atomic mass is 10.1. The molecule has 6 heteroatoms. The van der Waals surface area contributed by atoms with Gasteiger partial charge in [0.25, 0.3) is 0 Å². The van der Waals surface area contributed by atoms with Gasteiger partial charge in [-0.25, -0.2) is 5.10 Å². The zero-order valence-corrected chi connectivity index (χ0v) is 15.4. The van der Waals surface area contributed by atoms with Crippen molar-refractivity contribution in [2.45, 2.75) is 18.7 Å². The van der Waals surface area contributed by atoms with Crippen molar-refractivity contribution >= 4 is 28.3 Å². The smallest absolute Gasteiger partial charge is 0.229 e. The number of rotatable bonds is 5. The van der Waals surface area contributed by atoms with Gasteiger partial charge in [0.05, 0.1) is 5.75 Å². The molecule has 0 bridgehead atoms. The number of carbonyl (C=O) groups excluding carboxylic acids is 1. The van der Waals surface area contributed by atoms with Crippen molar-refractivity contribution in [2.75, 3.05) is 5.75 Å². The first-order valence-electron chi connectivity index (χ1n) is 8.33. The van der Waals surface area contributed by atoms with E-state index in [0.717, 1.165) is 21.8 Å². The Kier molecular flexibility index (Phi) is 4.34. The van der Waals surface area contributed by atoms with Gasteiger partial charge >= 0.3 is 0 Å². The fourth-order valence-corrected chi connectivity index (χ4v) is 3.99. The van der Waals surface area contributed by atoms with Gasteiger partial charge in [-0.1, -0.05) is 30.3 Å². The third kappa shape index (κ3) is 3.04. The molecule has 0 saturated carbocycles. The summed E-state index contributed by atoms with van der Waals surface area (Å²) >= 11 is 1.56. The molecular weight excluding hydrogens is 344 g/mol. The summed E-state index contributed by atoms with van der Waals surface area (Å²) in [7, 11) is 0. The van der Waals surface area contributed by atoms with Gasteiger partial charge < -0.3 is 0 Å². The molecule has 0 aliphatic heterocycles. The Bertz CT molecular complexity index is 1080. The van der Waals surface area contributed by atoms with Crippen LogP contribution in [0.1, 0.15) is 21.7 Å². The van der Waals surface area contributed by atoms with E-state index in [1.165, 1.54) is 17.1 Å². The second-order valence-electron chi connectivity index (χ2n) is 6.15. The quantitative estimate of drug-likeness (QED) is 0.424. The van der Waals surface area contributed by atoms with Crippen molar-refractivity contribution < 1.29 is 4.79 Å². The number of benzene rings is 2. The molecule has 0 aliphatic carbocycles. The van der Waals surface area contributed by atoms with Gasteiger partial charge in [0.15, 0.2) is 5.78 Å². The maximum atomic E-state index is 12.8. The second-order valence-corrected chi connectivity index (χ2v) is 7.20. The highest BCUT2D eigenvalue weighted by Crippen LogP contribution is 2.26. The molecule has 0 amide bonds. The maximum absolute atomic E-state index is 12.8. The van der Waals surface area contributed by atoms with Crippen molar-refractivity contribution in [3.8, 4) is 5.95 Å². The van der Waals surface area contributed by atoms with Crippen LogP contribution >= 0.6 is 11.8 Å². The lowest BCUT2D eigenvalue weighted by Crippen LogP contribution is -2.06. The Labute approximate surface area is 155 Å². The number of nitrogens with zero attached hydrogens (tertiary/aromatic N) is 3. The van der Waals surface area contributed by atoms with Crippen molar-refractivity contribution in [1.29, 1.82) is 0 Å². The number of ketones is 1. The monoisotopic (exact) mass is 362 g/mol. The zero-order chi connectivity index (χ0) is 18.1. The maximum Gasteiger partial charge on any atom is 0.229 e. The molecule has 1 N–H and O–H groups in total. The van der Waals surface area contributed by atoms with Crippen molar-refractivity contribution in [3.05, 3.63) is 71.8 Å². The number of aromatic nitrogens is 4. The van der Waals surface area contributed by atoms with Gasteiger partial charge in [-0.05, 0) is 42.8 Å². The fourth-order valence-electron chi connectivity index (χ4n) is 3.16. The van der Waals surface area contributed by atoms with Crippen LogP contribution < -0.4 is 0 Å². The van der Waals surface area contributed by atoms with Crippen LogP contribution in [0.5, 0.6) is 0 Å². The molecule has 0 atom stereocenters. The Morgan fingerprint density at radius 3 is 2.69 bits per heavy atom. The summed E-state index contributed by atoms with van der Waals surface area (Å²) in [5.41, 5.74) is 2.56. The van der Waals surface area contributed by atoms with Crippen molar-refractivity contribution in [2.24, 2.45) is 0 Å². The minimum atomic E-state index is 0.113. The first-order chi connectivity index (χ1) is 12.6.